The van der Waals surface area contributed by atoms with Crippen molar-refractivity contribution in [3.05, 3.63) is 59.7 Å². The summed E-state index contributed by atoms with van der Waals surface area (Å²) in [6.07, 6.45) is -5.50. The van der Waals surface area contributed by atoms with Crippen LogP contribution in [0.4, 0.5) is 13.2 Å². The van der Waals surface area contributed by atoms with Crippen LogP contribution in [0.3, 0.4) is 0 Å². The van der Waals surface area contributed by atoms with Gasteiger partial charge in [0.1, 0.15) is 18.0 Å². The summed E-state index contributed by atoms with van der Waals surface area (Å²) in [4.78, 5) is 13.2. The number of hydrogen-bond donors (Lipinski definition) is 1. The Labute approximate surface area is 173 Å². The Morgan fingerprint density at radius 2 is 1.97 bits per heavy atom. The van der Waals surface area contributed by atoms with E-state index in [1.54, 1.807) is 18.9 Å². The summed E-state index contributed by atoms with van der Waals surface area (Å²) in [7, 11) is 1.60. The van der Waals surface area contributed by atoms with Gasteiger partial charge in [-0.15, -0.1) is 11.8 Å². The first-order valence-corrected chi connectivity index (χ1v) is 10.5. The molecule has 0 bridgehead atoms. The molecule has 7 heteroatoms. The molecule has 2 aromatic rings. The third-order valence-electron chi connectivity index (χ3n) is 5.23. The van der Waals surface area contributed by atoms with E-state index < -0.39 is 23.9 Å². The van der Waals surface area contributed by atoms with Crippen LogP contribution in [0.5, 0.6) is 5.75 Å². The quantitative estimate of drug-likeness (QED) is 0.662. The molecule has 0 radical (unpaired) electrons. The lowest BCUT2D eigenvalue weighted by molar-refractivity contribution is -0.153. The van der Waals surface area contributed by atoms with Gasteiger partial charge < -0.3 is 4.74 Å². The van der Waals surface area contributed by atoms with E-state index in [-0.39, 0.29) is 12.5 Å². The maximum Gasteiger partial charge on any atom is 0.395 e. The summed E-state index contributed by atoms with van der Waals surface area (Å²) in [6, 6.07) is 15.3. The number of halogens is 3. The van der Waals surface area contributed by atoms with Crippen LogP contribution in [0.2, 0.25) is 0 Å². The van der Waals surface area contributed by atoms with Crippen LogP contribution in [-0.4, -0.2) is 30.4 Å². The molecule has 3 nitrogen and oxygen atoms in total. The number of ketones is 1. The topological polar surface area (TPSA) is 38.3 Å². The number of rotatable bonds is 6. The zero-order valence-electron chi connectivity index (χ0n) is 16.4. The number of thioether (sulfide) groups is 1. The Morgan fingerprint density at radius 1 is 1.24 bits per heavy atom. The molecule has 0 amide bonds. The number of hydrogen-bond acceptors (Lipinski definition) is 4. The predicted octanol–water partition coefficient (Wildman–Crippen LogP) is 5.54. The zero-order valence-corrected chi connectivity index (χ0v) is 17.2. The molecule has 0 unspecified atom stereocenters. The molecule has 1 aliphatic rings. The van der Waals surface area contributed by atoms with Crippen LogP contribution >= 0.6 is 11.8 Å². The summed E-state index contributed by atoms with van der Waals surface area (Å²) in [5.41, 5.74) is 1.29. The highest BCUT2D eigenvalue weighted by Gasteiger charge is 2.40. The fraction of sp³-hybridized carbons (Fsp3) is 0.409. The molecule has 0 fully saturated rings. The molecule has 0 spiro atoms. The Kier molecular flexibility index (Phi) is 6.58. The van der Waals surface area contributed by atoms with E-state index in [1.807, 2.05) is 55.5 Å². The summed E-state index contributed by atoms with van der Waals surface area (Å²) < 4.78 is 43.6. The fourth-order valence-corrected chi connectivity index (χ4v) is 5.02. The molecule has 0 saturated carbocycles. The molecule has 1 aliphatic heterocycles. The maximum absolute atomic E-state index is 12.7. The molecule has 3 rings (SSSR count). The van der Waals surface area contributed by atoms with Crippen LogP contribution in [0, 0.1) is 0 Å². The smallest absolute Gasteiger partial charge is 0.395 e. The number of ether oxygens (including phenoxy) is 1. The Morgan fingerprint density at radius 3 is 2.59 bits per heavy atom. The van der Waals surface area contributed by atoms with Gasteiger partial charge in [0, 0.05) is 22.6 Å². The number of benzene rings is 2. The Bertz CT molecular complexity index is 857. The number of carbonyl (C=O) groups excluding carboxylic acids is 1. The highest BCUT2D eigenvalue weighted by Crippen LogP contribution is 2.42. The van der Waals surface area contributed by atoms with Crippen LogP contribution in [0.25, 0.3) is 0 Å². The first-order chi connectivity index (χ1) is 13.8. The molecule has 1 heterocycles. The molecule has 29 heavy (non-hydrogen) atoms. The molecule has 1 N–H and O–H groups in total. The van der Waals surface area contributed by atoms with Crippen LogP contribution in [0.15, 0.2) is 53.4 Å². The van der Waals surface area contributed by atoms with Crippen molar-refractivity contribution in [1.82, 2.24) is 5.32 Å². The molecule has 0 aliphatic carbocycles. The summed E-state index contributed by atoms with van der Waals surface area (Å²) in [5.74, 6) is 0.430. The van der Waals surface area contributed by atoms with E-state index in [1.165, 1.54) is 0 Å². The monoisotopic (exact) mass is 423 g/mol. The van der Waals surface area contributed by atoms with E-state index >= 15 is 0 Å². The van der Waals surface area contributed by atoms with Crippen LogP contribution in [-0.2, 0) is 4.79 Å². The van der Waals surface area contributed by atoms with Gasteiger partial charge in [-0.1, -0.05) is 43.3 Å². The van der Waals surface area contributed by atoms with Crippen LogP contribution in [0.1, 0.15) is 43.4 Å². The third-order valence-corrected chi connectivity index (χ3v) is 6.59. The second kappa shape index (κ2) is 8.79. The Hall–Kier alpha value is -1.99. The highest BCUT2D eigenvalue weighted by molar-refractivity contribution is 7.99. The highest BCUT2D eigenvalue weighted by atomic mass is 32.2. The molecule has 2 aromatic carbocycles. The van der Waals surface area contributed by atoms with Gasteiger partial charge in [0.25, 0.3) is 0 Å². The van der Waals surface area contributed by atoms with Gasteiger partial charge in [0.05, 0.1) is 13.2 Å². The van der Waals surface area contributed by atoms with Crippen molar-refractivity contribution in [2.75, 3.05) is 12.9 Å². The van der Waals surface area contributed by atoms with Crippen molar-refractivity contribution in [3.63, 3.8) is 0 Å². The second-order valence-electron chi connectivity index (χ2n) is 7.32. The lowest BCUT2D eigenvalue weighted by Crippen LogP contribution is -2.50. The lowest BCUT2D eigenvalue weighted by Gasteiger charge is -2.35. The van der Waals surface area contributed by atoms with Gasteiger partial charge in [-0.3, -0.25) is 10.1 Å². The van der Waals surface area contributed by atoms with Gasteiger partial charge >= 0.3 is 6.18 Å². The van der Waals surface area contributed by atoms with Gasteiger partial charge in [-0.2, -0.15) is 13.2 Å². The van der Waals surface area contributed by atoms with Gasteiger partial charge in [0.2, 0.25) is 0 Å². The lowest BCUT2D eigenvalue weighted by atomic mass is 9.87. The van der Waals surface area contributed by atoms with E-state index in [9.17, 15) is 18.0 Å². The van der Waals surface area contributed by atoms with Gasteiger partial charge in [-0.25, -0.2) is 0 Å². The van der Waals surface area contributed by atoms with Crippen molar-refractivity contribution in [2.24, 2.45) is 0 Å². The molecule has 0 aromatic heterocycles. The summed E-state index contributed by atoms with van der Waals surface area (Å²) >= 11 is 1.55. The largest absolute Gasteiger partial charge is 0.497 e. The standard InChI is InChI=1S/C22H24F3NO2S/c1-3-21(12-16(27)13-22(23,24)25)14-29-19-11-17(28-2)9-10-18(19)20(26-21)15-7-5-4-6-8-15/h4-11,20,26H,3,12-14H2,1-2H3/t20-,21-/m0/s1. The van der Waals surface area contributed by atoms with Crippen molar-refractivity contribution in [3.8, 4) is 5.75 Å². The van der Waals surface area contributed by atoms with Crippen molar-refractivity contribution in [1.29, 1.82) is 0 Å². The first-order valence-electron chi connectivity index (χ1n) is 9.47. The molecule has 156 valence electrons. The number of carbonyl (C=O) groups is 1. The molecule has 0 saturated heterocycles. The SMILES string of the molecule is CC[C@]1(CC(=O)CC(F)(F)F)CSc2cc(OC)ccc2[C@H](c2ccccc2)N1. The van der Waals surface area contributed by atoms with E-state index in [0.717, 1.165) is 21.8 Å². The average molecular weight is 424 g/mol. The Balaban J connectivity index is 1.99. The van der Waals surface area contributed by atoms with E-state index in [2.05, 4.69) is 5.32 Å². The fourth-order valence-electron chi connectivity index (χ4n) is 3.65. The third kappa shape index (κ3) is 5.34. The minimum absolute atomic E-state index is 0.162. The average Bonchev–Trinajstić information content (AvgIpc) is 2.84. The predicted molar refractivity (Wildman–Crippen MR) is 108 cm³/mol. The van der Waals surface area contributed by atoms with Crippen LogP contribution < -0.4 is 10.1 Å². The number of alkyl halides is 3. The summed E-state index contributed by atoms with van der Waals surface area (Å²) in [6.45, 7) is 1.91. The number of methoxy groups -OCH3 is 1. The minimum atomic E-state index is -4.49. The van der Waals surface area contributed by atoms with Crippen molar-refractivity contribution >= 4 is 17.5 Å². The second-order valence-corrected chi connectivity index (χ2v) is 8.34. The number of Topliss-reactive ketones (excluding diaryl/α,β-unsaturated/α-hetero) is 1. The molecule has 2 atom stereocenters. The van der Waals surface area contributed by atoms with Gasteiger partial charge in [-0.05, 0) is 29.7 Å². The zero-order chi connectivity index (χ0) is 21.1. The first kappa shape index (κ1) is 21.7. The minimum Gasteiger partial charge on any atom is -0.497 e. The van der Waals surface area contributed by atoms with Crippen molar-refractivity contribution < 1.29 is 22.7 Å². The van der Waals surface area contributed by atoms with E-state index in [0.29, 0.717) is 12.2 Å². The normalized spacial score (nSPS) is 21.9. The number of nitrogens with one attached hydrogen (secondary N) is 1. The maximum atomic E-state index is 12.7. The molecular formula is C22H24F3NO2S. The van der Waals surface area contributed by atoms with Crippen molar-refractivity contribution in [2.45, 2.75) is 48.8 Å². The molecular weight excluding hydrogens is 399 g/mol. The van der Waals surface area contributed by atoms with E-state index in [4.69, 9.17) is 4.74 Å². The van der Waals surface area contributed by atoms with Gasteiger partial charge in [0.15, 0.2) is 0 Å². The number of fused-ring (bicyclic) bond motifs is 1. The summed E-state index contributed by atoms with van der Waals surface area (Å²) in [5, 5.41) is 3.56.